The van der Waals surface area contributed by atoms with Crippen LogP contribution in [-0.4, -0.2) is 27.2 Å². The summed E-state index contributed by atoms with van der Waals surface area (Å²) in [5, 5.41) is 13.3. The summed E-state index contributed by atoms with van der Waals surface area (Å²) >= 11 is 0. The van der Waals surface area contributed by atoms with Crippen molar-refractivity contribution in [2.24, 2.45) is 5.92 Å². The Hall–Kier alpha value is -1.16. The molecule has 2 rings (SSSR count). The van der Waals surface area contributed by atoms with Crippen LogP contribution in [0.2, 0.25) is 0 Å². The molecule has 0 amide bonds. The van der Waals surface area contributed by atoms with Gasteiger partial charge in [0.25, 0.3) is 0 Å². The summed E-state index contributed by atoms with van der Waals surface area (Å²) in [4.78, 5) is 8.57. The maximum atomic E-state index is 10.1. The number of nitrogens with one attached hydrogen (secondary N) is 1. The maximum absolute atomic E-state index is 10.1. The van der Waals surface area contributed by atoms with Crippen molar-refractivity contribution in [1.82, 2.24) is 9.97 Å². The standard InChI is InChI=1S/C12H19N3O/c1-8-6-9(2)15-11(14-8)13-7-12(3,16)10-4-5-10/h6,10,16H,4-5,7H2,1-3H3,(H,13,14,15). The molecule has 4 heteroatoms. The molecule has 0 radical (unpaired) electrons. The third-order valence-corrected chi connectivity index (χ3v) is 3.04. The average molecular weight is 221 g/mol. The maximum Gasteiger partial charge on any atom is 0.223 e. The predicted molar refractivity (Wildman–Crippen MR) is 63.3 cm³/mol. The number of aliphatic hydroxyl groups is 1. The molecule has 0 spiro atoms. The number of anilines is 1. The minimum atomic E-state index is -0.638. The first-order chi connectivity index (χ1) is 7.47. The molecule has 1 aliphatic carbocycles. The van der Waals surface area contributed by atoms with Crippen molar-refractivity contribution in [3.63, 3.8) is 0 Å². The Balaban J connectivity index is 1.98. The summed E-state index contributed by atoms with van der Waals surface area (Å²) < 4.78 is 0. The van der Waals surface area contributed by atoms with Gasteiger partial charge in [-0.1, -0.05) is 0 Å². The highest BCUT2D eigenvalue weighted by molar-refractivity contribution is 5.28. The first kappa shape index (κ1) is 11.3. The van der Waals surface area contributed by atoms with Gasteiger partial charge in [-0.15, -0.1) is 0 Å². The van der Waals surface area contributed by atoms with Gasteiger partial charge in [-0.25, -0.2) is 9.97 Å². The molecule has 1 aromatic rings. The second kappa shape index (κ2) is 4.01. The first-order valence-electron chi connectivity index (χ1n) is 5.76. The number of hydrogen-bond donors (Lipinski definition) is 2. The van der Waals surface area contributed by atoms with E-state index in [1.165, 1.54) is 0 Å². The fourth-order valence-electron chi connectivity index (χ4n) is 1.91. The van der Waals surface area contributed by atoms with Gasteiger partial charge in [0, 0.05) is 17.9 Å². The molecular formula is C12H19N3O. The van der Waals surface area contributed by atoms with Crippen LogP contribution in [-0.2, 0) is 0 Å². The van der Waals surface area contributed by atoms with Crippen molar-refractivity contribution >= 4 is 5.95 Å². The van der Waals surface area contributed by atoms with Crippen LogP contribution in [0.25, 0.3) is 0 Å². The van der Waals surface area contributed by atoms with E-state index in [0.717, 1.165) is 24.2 Å². The van der Waals surface area contributed by atoms with Gasteiger partial charge >= 0.3 is 0 Å². The number of aromatic nitrogens is 2. The minimum Gasteiger partial charge on any atom is -0.388 e. The van der Waals surface area contributed by atoms with E-state index in [-0.39, 0.29) is 0 Å². The van der Waals surface area contributed by atoms with Gasteiger partial charge in [0.15, 0.2) is 0 Å². The molecule has 1 fully saturated rings. The third-order valence-electron chi connectivity index (χ3n) is 3.04. The fraction of sp³-hybridized carbons (Fsp3) is 0.667. The molecule has 1 aromatic heterocycles. The summed E-state index contributed by atoms with van der Waals surface area (Å²) in [6.07, 6.45) is 2.25. The molecule has 4 nitrogen and oxygen atoms in total. The van der Waals surface area contributed by atoms with Crippen LogP contribution in [0.3, 0.4) is 0 Å². The van der Waals surface area contributed by atoms with Crippen molar-refractivity contribution in [2.45, 2.75) is 39.2 Å². The zero-order valence-electron chi connectivity index (χ0n) is 10.1. The van der Waals surface area contributed by atoms with Gasteiger partial charge in [0.05, 0.1) is 5.60 Å². The SMILES string of the molecule is Cc1cc(C)nc(NCC(C)(O)C2CC2)n1. The molecule has 88 valence electrons. The topological polar surface area (TPSA) is 58.0 Å². The molecular weight excluding hydrogens is 202 g/mol. The van der Waals surface area contributed by atoms with Crippen molar-refractivity contribution in [2.75, 3.05) is 11.9 Å². The number of nitrogens with zero attached hydrogens (tertiary/aromatic N) is 2. The summed E-state index contributed by atoms with van der Waals surface area (Å²) in [6.45, 7) is 6.28. The Morgan fingerprint density at radius 3 is 2.44 bits per heavy atom. The Morgan fingerprint density at radius 1 is 1.38 bits per heavy atom. The highest BCUT2D eigenvalue weighted by Crippen LogP contribution is 2.39. The van der Waals surface area contributed by atoms with E-state index in [0.29, 0.717) is 18.4 Å². The molecule has 16 heavy (non-hydrogen) atoms. The van der Waals surface area contributed by atoms with Crippen LogP contribution < -0.4 is 5.32 Å². The van der Waals surface area contributed by atoms with E-state index in [1.54, 1.807) is 0 Å². The first-order valence-corrected chi connectivity index (χ1v) is 5.76. The Kier molecular flexibility index (Phi) is 2.84. The Bertz CT molecular complexity index is 366. The molecule has 1 saturated carbocycles. The van der Waals surface area contributed by atoms with Crippen LogP contribution >= 0.6 is 0 Å². The summed E-state index contributed by atoms with van der Waals surface area (Å²) in [6, 6.07) is 1.93. The summed E-state index contributed by atoms with van der Waals surface area (Å²) in [5.41, 5.74) is 1.25. The Morgan fingerprint density at radius 2 is 1.94 bits per heavy atom. The van der Waals surface area contributed by atoms with Gasteiger partial charge in [-0.3, -0.25) is 0 Å². The molecule has 2 N–H and O–H groups in total. The molecule has 1 heterocycles. The van der Waals surface area contributed by atoms with Gasteiger partial charge in [-0.2, -0.15) is 0 Å². The molecule has 1 atom stereocenters. The van der Waals surface area contributed by atoms with E-state index < -0.39 is 5.60 Å². The fourth-order valence-corrected chi connectivity index (χ4v) is 1.91. The average Bonchev–Trinajstić information content (AvgIpc) is 2.96. The van der Waals surface area contributed by atoms with Gasteiger partial charge in [-0.05, 0) is 45.6 Å². The summed E-state index contributed by atoms with van der Waals surface area (Å²) in [7, 11) is 0. The molecule has 0 aromatic carbocycles. The zero-order valence-corrected chi connectivity index (χ0v) is 10.1. The lowest BCUT2D eigenvalue weighted by Gasteiger charge is -2.23. The van der Waals surface area contributed by atoms with Crippen LogP contribution in [0.15, 0.2) is 6.07 Å². The van der Waals surface area contributed by atoms with E-state index in [9.17, 15) is 5.11 Å². The van der Waals surface area contributed by atoms with E-state index >= 15 is 0 Å². The smallest absolute Gasteiger partial charge is 0.223 e. The summed E-state index contributed by atoms with van der Waals surface area (Å²) in [5.74, 6) is 1.05. The molecule has 1 unspecified atom stereocenters. The number of hydrogen-bond acceptors (Lipinski definition) is 4. The van der Waals surface area contributed by atoms with Crippen molar-refractivity contribution in [1.29, 1.82) is 0 Å². The van der Waals surface area contributed by atoms with Crippen molar-refractivity contribution in [3.8, 4) is 0 Å². The molecule has 0 bridgehead atoms. The van der Waals surface area contributed by atoms with E-state index in [1.807, 2.05) is 26.8 Å². The van der Waals surface area contributed by atoms with Gasteiger partial charge in [0.1, 0.15) is 0 Å². The van der Waals surface area contributed by atoms with E-state index in [2.05, 4.69) is 15.3 Å². The second-order valence-corrected chi connectivity index (χ2v) is 4.96. The normalized spacial score (nSPS) is 19.2. The van der Waals surface area contributed by atoms with Crippen molar-refractivity contribution in [3.05, 3.63) is 17.5 Å². The largest absolute Gasteiger partial charge is 0.388 e. The van der Waals surface area contributed by atoms with Crippen molar-refractivity contribution < 1.29 is 5.11 Å². The predicted octanol–water partition coefficient (Wildman–Crippen LogP) is 1.67. The minimum absolute atomic E-state index is 0.436. The monoisotopic (exact) mass is 221 g/mol. The van der Waals surface area contributed by atoms with Crippen LogP contribution in [0.5, 0.6) is 0 Å². The highest BCUT2D eigenvalue weighted by Gasteiger charge is 2.39. The van der Waals surface area contributed by atoms with Gasteiger partial charge in [0.2, 0.25) is 5.95 Å². The zero-order chi connectivity index (χ0) is 11.8. The van der Waals surface area contributed by atoms with Gasteiger partial charge < -0.3 is 10.4 Å². The second-order valence-electron chi connectivity index (χ2n) is 4.96. The lowest BCUT2D eigenvalue weighted by Crippen LogP contribution is -2.36. The van der Waals surface area contributed by atoms with E-state index in [4.69, 9.17) is 0 Å². The lowest BCUT2D eigenvalue weighted by molar-refractivity contribution is 0.0501. The molecule has 1 aliphatic rings. The third kappa shape index (κ3) is 2.70. The molecule has 0 aliphatic heterocycles. The van der Waals surface area contributed by atoms with Crippen LogP contribution in [0.1, 0.15) is 31.2 Å². The van der Waals surface area contributed by atoms with Crippen LogP contribution in [0.4, 0.5) is 5.95 Å². The molecule has 0 saturated heterocycles. The number of aryl methyl sites for hydroxylation is 2. The number of rotatable bonds is 4. The Labute approximate surface area is 96.1 Å². The highest BCUT2D eigenvalue weighted by atomic mass is 16.3. The quantitative estimate of drug-likeness (QED) is 0.812. The van der Waals surface area contributed by atoms with Crippen LogP contribution in [0, 0.1) is 19.8 Å². The lowest BCUT2D eigenvalue weighted by atomic mass is 10.0.